The Bertz CT molecular complexity index is 1350. The van der Waals surface area contributed by atoms with E-state index in [1.54, 1.807) is 18.4 Å². The molecule has 1 N–H and O–H groups in total. The average Bonchev–Trinajstić information content (AvgIpc) is 3.46. The van der Waals surface area contributed by atoms with Crippen LogP contribution in [0.3, 0.4) is 0 Å². The minimum atomic E-state index is -0.379. The summed E-state index contributed by atoms with van der Waals surface area (Å²) in [6.07, 6.45) is 5.00. The molecule has 0 spiro atoms. The van der Waals surface area contributed by atoms with Gasteiger partial charge in [-0.1, -0.05) is 17.4 Å². The zero-order chi connectivity index (χ0) is 22.9. The van der Waals surface area contributed by atoms with E-state index in [9.17, 15) is 9.59 Å². The van der Waals surface area contributed by atoms with Crippen molar-refractivity contribution < 1.29 is 9.21 Å². The van der Waals surface area contributed by atoms with Gasteiger partial charge in [0.15, 0.2) is 16.4 Å². The summed E-state index contributed by atoms with van der Waals surface area (Å²) >= 11 is 1.45. The lowest BCUT2D eigenvalue weighted by atomic mass is 10.1. The Kier molecular flexibility index (Phi) is 5.72. The predicted octanol–water partition coefficient (Wildman–Crippen LogP) is 4.36. The van der Waals surface area contributed by atoms with E-state index in [0.717, 1.165) is 42.2 Å². The molecule has 0 saturated carbocycles. The average molecular weight is 464 g/mol. The van der Waals surface area contributed by atoms with Gasteiger partial charge in [-0.15, -0.1) is 0 Å². The minimum Gasteiger partial charge on any atom is -0.463 e. The number of thiazole rings is 1. The molecule has 170 valence electrons. The lowest BCUT2D eigenvalue weighted by Gasteiger charge is -2.25. The van der Waals surface area contributed by atoms with E-state index in [1.807, 2.05) is 32.0 Å². The normalized spacial score (nSPS) is 14.1. The van der Waals surface area contributed by atoms with Crippen molar-refractivity contribution in [2.45, 2.75) is 39.7 Å². The van der Waals surface area contributed by atoms with Crippen LogP contribution in [-0.4, -0.2) is 33.8 Å². The van der Waals surface area contributed by atoms with E-state index in [4.69, 9.17) is 4.42 Å². The Balaban J connectivity index is 1.52. The second-order valence-electron chi connectivity index (χ2n) is 8.44. The molecule has 8 nitrogen and oxygen atoms in total. The SMILES string of the molecule is Cc1cc(C)cc(NC(=O)Cn2nc(-c3ccco3)c3sc(N4CCCCC4)nc3c2=O)c1. The van der Waals surface area contributed by atoms with Gasteiger partial charge in [0.05, 0.1) is 11.0 Å². The third-order valence-electron chi connectivity index (χ3n) is 5.67. The summed E-state index contributed by atoms with van der Waals surface area (Å²) in [5.41, 5.74) is 3.26. The largest absolute Gasteiger partial charge is 0.463 e. The Morgan fingerprint density at radius 3 is 2.61 bits per heavy atom. The summed E-state index contributed by atoms with van der Waals surface area (Å²) < 4.78 is 7.45. The number of hydrogen-bond acceptors (Lipinski definition) is 7. The highest BCUT2D eigenvalue weighted by Crippen LogP contribution is 2.34. The molecule has 1 amide bonds. The monoisotopic (exact) mass is 463 g/mol. The van der Waals surface area contributed by atoms with Gasteiger partial charge in [-0.05, 0) is 68.5 Å². The number of furan rings is 1. The van der Waals surface area contributed by atoms with Crippen molar-refractivity contribution in [1.29, 1.82) is 0 Å². The smallest absolute Gasteiger partial charge is 0.294 e. The number of rotatable bonds is 5. The molecule has 0 radical (unpaired) electrons. The second kappa shape index (κ2) is 8.82. The van der Waals surface area contributed by atoms with Gasteiger partial charge in [0.25, 0.3) is 5.56 Å². The van der Waals surface area contributed by atoms with E-state index < -0.39 is 0 Å². The van der Waals surface area contributed by atoms with Crippen LogP contribution in [0.15, 0.2) is 45.8 Å². The van der Waals surface area contributed by atoms with Crippen LogP contribution in [0.2, 0.25) is 0 Å². The summed E-state index contributed by atoms with van der Waals surface area (Å²) in [7, 11) is 0. The molecule has 0 unspecified atom stereocenters. The first-order valence-electron chi connectivity index (χ1n) is 11.1. The fourth-order valence-electron chi connectivity index (χ4n) is 4.23. The number of carbonyl (C=O) groups excluding carboxylic acids is 1. The van der Waals surface area contributed by atoms with Crippen LogP contribution in [0.4, 0.5) is 10.8 Å². The molecule has 1 aromatic carbocycles. The molecule has 3 aromatic heterocycles. The summed E-state index contributed by atoms with van der Waals surface area (Å²) in [6, 6.07) is 9.39. The molecule has 9 heteroatoms. The van der Waals surface area contributed by atoms with Crippen molar-refractivity contribution in [2.75, 3.05) is 23.3 Å². The zero-order valence-electron chi connectivity index (χ0n) is 18.6. The number of aryl methyl sites for hydroxylation is 2. The van der Waals surface area contributed by atoms with Crippen LogP contribution in [0, 0.1) is 13.8 Å². The van der Waals surface area contributed by atoms with Crippen molar-refractivity contribution in [2.24, 2.45) is 0 Å². The van der Waals surface area contributed by atoms with Gasteiger partial charge >= 0.3 is 0 Å². The molecule has 0 bridgehead atoms. The highest BCUT2D eigenvalue weighted by molar-refractivity contribution is 7.22. The number of aromatic nitrogens is 3. The maximum atomic E-state index is 13.3. The quantitative estimate of drug-likeness (QED) is 0.473. The van der Waals surface area contributed by atoms with E-state index >= 15 is 0 Å². The van der Waals surface area contributed by atoms with Crippen LogP contribution < -0.4 is 15.8 Å². The van der Waals surface area contributed by atoms with Gasteiger partial charge in [0.2, 0.25) is 5.91 Å². The number of hydrogen-bond donors (Lipinski definition) is 1. The molecule has 1 fully saturated rings. The van der Waals surface area contributed by atoms with Crippen LogP contribution >= 0.6 is 11.3 Å². The minimum absolute atomic E-state index is 0.216. The first-order valence-corrected chi connectivity index (χ1v) is 11.9. The van der Waals surface area contributed by atoms with E-state index in [1.165, 1.54) is 22.4 Å². The van der Waals surface area contributed by atoms with Crippen molar-refractivity contribution in [3.8, 4) is 11.5 Å². The van der Waals surface area contributed by atoms with Gasteiger partial charge in [-0.25, -0.2) is 9.67 Å². The molecular formula is C24H25N5O3S. The molecule has 0 aliphatic carbocycles. The maximum Gasteiger partial charge on any atom is 0.294 e. The third kappa shape index (κ3) is 4.41. The molecule has 1 aliphatic rings. The number of carbonyl (C=O) groups is 1. The fraction of sp³-hybridized carbons (Fsp3) is 0.333. The molecule has 4 aromatic rings. The predicted molar refractivity (Wildman–Crippen MR) is 130 cm³/mol. The number of nitrogens with zero attached hydrogens (tertiary/aromatic N) is 4. The van der Waals surface area contributed by atoms with E-state index in [0.29, 0.717) is 27.4 Å². The first-order chi connectivity index (χ1) is 16.0. The number of amides is 1. The van der Waals surface area contributed by atoms with Gasteiger partial charge < -0.3 is 14.6 Å². The molecule has 4 heterocycles. The Morgan fingerprint density at radius 1 is 1.15 bits per heavy atom. The fourth-order valence-corrected chi connectivity index (χ4v) is 5.33. The van der Waals surface area contributed by atoms with Gasteiger partial charge in [-0.2, -0.15) is 5.10 Å². The zero-order valence-corrected chi connectivity index (χ0v) is 19.4. The van der Waals surface area contributed by atoms with Crippen LogP contribution in [-0.2, 0) is 11.3 Å². The van der Waals surface area contributed by atoms with Gasteiger partial charge in [0.1, 0.15) is 12.2 Å². The molecule has 1 saturated heterocycles. The number of benzene rings is 1. The van der Waals surface area contributed by atoms with Crippen molar-refractivity contribution in [3.63, 3.8) is 0 Å². The Labute approximate surface area is 194 Å². The first kappa shape index (κ1) is 21.4. The number of piperidine rings is 1. The maximum absolute atomic E-state index is 13.3. The van der Waals surface area contributed by atoms with Crippen LogP contribution in [0.25, 0.3) is 21.7 Å². The van der Waals surface area contributed by atoms with Crippen LogP contribution in [0.1, 0.15) is 30.4 Å². The molecule has 1 aliphatic heterocycles. The summed E-state index contributed by atoms with van der Waals surface area (Å²) in [4.78, 5) is 32.9. The van der Waals surface area contributed by atoms with Crippen molar-refractivity contribution in [3.05, 3.63) is 58.1 Å². The molecule has 0 atom stereocenters. The van der Waals surface area contributed by atoms with Crippen molar-refractivity contribution >= 4 is 38.3 Å². The highest BCUT2D eigenvalue weighted by Gasteiger charge is 2.23. The van der Waals surface area contributed by atoms with E-state index in [-0.39, 0.29) is 18.0 Å². The third-order valence-corrected chi connectivity index (χ3v) is 6.79. The van der Waals surface area contributed by atoms with Crippen LogP contribution in [0.5, 0.6) is 0 Å². The lowest BCUT2D eigenvalue weighted by molar-refractivity contribution is -0.117. The molecule has 33 heavy (non-hydrogen) atoms. The van der Waals surface area contributed by atoms with Gasteiger partial charge in [0, 0.05) is 18.8 Å². The highest BCUT2D eigenvalue weighted by atomic mass is 32.1. The second-order valence-corrected chi connectivity index (χ2v) is 9.41. The standard InChI is InChI=1S/C24H25N5O3S/c1-15-11-16(2)13-17(12-15)25-19(30)14-29-23(31)21-22(20(27-29)18-7-6-10-32-18)33-24(26-21)28-8-4-3-5-9-28/h6-7,10-13H,3-5,8-9,14H2,1-2H3,(H,25,30). The Morgan fingerprint density at radius 2 is 1.91 bits per heavy atom. The Hall–Kier alpha value is -3.46. The van der Waals surface area contributed by atoms with Crippen molar-refractivity contribution in [1.82, 2.24) is 14.8 Å². The summed E-state index contributed by atoms with van der Waals surface area (Å²) in [5.74, 6) is 0.211. The molecule has 5 rings (SSSR count). The number of fused-ring (bicyclic) bond motifs is 1. The number of nitrogens with one attached hydrogen (secondary N) is 1. The lowest BCUT2D eigenvalue weighted by Crippen LogP contribution is -2.30. The summed E-state index contributed by atoms with van der Waals surface area (Å²) in [6.45, 7) is 5.58. The topological polar surface area (TPSA) is 93.3 Å². The van der Waals surface area contributed by atoms with Gasteiger partial charge in [-0.3, -0.25) is 9.59 Å². The molecular weight excluding hydrogens is 438 g/mol. The summed E-state index contributed by atoms with van der Waals surface area (Å²) in [5, 5.41) is 8.20. The van der Waals surface area contributed by atoms with E-state index in [2.05, 4.69) is 20.3 Å². The number of anilines is 2.